The molecule has 0 fully saturated rings. The van der Waals surface area contributed by atoms with Crippen LogP contribution in [0.4, 0.5) is 0 Å². The highest BCUT2D eigenvalue weighted by molar-refractivity contribution is 5.75. The second-order valence-electron chi connectivity index (χ2n) is 3.43. The molecule has 1 aromatic rings. The molecule has 1 amide bonds. The van der Waals surface area contributed by atoms with Gasteiger partial charge in [0.1, 0.15) is 11.5 Å². The van der Waals surface area contributed by atoms with Crippen LogP contribution in [-0.2, 0) is 4.79 Å². The van der Waals surface area contributed by atoms with Crippen molar-refractivity contribution in [2.75, 3.05) is 20.8 Å². The molecule has 1 rings (SSSR count). The van der Waals surface area contributed by atoms with Crippen LogP contribution in [0, 0.1) is 0 Å². The summed E-state index contributed by atoms with van der Waals surface area (Å²) in [4.78, 5) is 11.1. The first-order valence-corrected chi connectivity index (χ1v) is 5.48. The minimum Gasteiger partial charge on any atom is -0.497 e. The Morgan fingerprint density at radius 2 is 1.88 bits per heavy atom. The molecule has 0 atom stereocenters. The molecule has 0 saturated carbocycles. The fraction of sp³-hybridized carbons (Fsp3) is 0.417. The monoisotopic (exact) mass is 238 g/mol. The summed E-state index contributed by atoms with van der Waals surface area (Å²) in [6.45, 7) is 0.517. The number of benzene rings is 1. The largest absolute Gasteiger partial charge is 0.497 e. The molecular formula is C12H18N2O3. The Morgan fingerprint density at radius 3 is 2.47 bits per heavy atom. The number of hydrogen-bond acceptors (Lipinski definition) is 4. The molecule has 0 aliphatic carbocycles. The quantitative estimate of drug-likeness (QED) is 0.552. The molecule has 0 aromatic heterocycles. The molecule has 17 heavy (non-hydrogen) atoms. The van der Waals surface area contributed by atoms with Crippen LogP contribution in [0.3, 0.4) is 0 Å². The van der Waals surface area contributed by atoms with E-state index in [0.29, 0.717) is 19.4 Å². The van der Waals surface area contributed by atoms with Crippen molar-refractivity contribution in [2.45, 2.75) is 12.8 Å². The first-order valence-electron chi connectivity index (χ1n) is 5.48. The third-order valence-corrected chi connectivity index (χ3v) is 2.14. The first-order chi connectivity index (χ1) is 8.26. The number of methoxy groups -OCH3 is 1. The minimum atomic E-state index is -0.0363. The van der Waals surface area contributed by atoms with Crippen LogP contribution in [0.15, 0.2) is 24.3 Å². The molecule has 0 spiro atoms. The molecule has 0 unspecified atom stereocenters. The van der Waals surface area contributed by atoms with Gasteiger partial charge in [-0.1, -0.05) is 0 Å². The molecule has 0 aliphatic heterocycles. The molecule has 94 valence electrons. The number of carbonyl (C=O) groups is 1. The van der Waals surface area contributed by atoms with Gasteiger partial charge in [0.25, 0.3) is 0 Å². The van der Waals surface area contributed by atoms with Crippen molar-refractivity contribution in [3.8, 4) is 11.5 Å². The average molecular weight is 238 g/mol. The summed E-state index contributed by atoms with van der Waals surface area (Å²) in [5.74, 6) is 1.54. The van der Waals surface area contributed by atoms with Gasteiger partial charge in [0.15, 0.2) is 0 Å². The van der Waals surface area contributed by atoms with E-state index in [9.17, 15) is 4.79 Å². The van der Waals surface area contributed by atoms with Gasteiger partial charge in [-0.3, -0.25) is 10.2 Å². The van der Waals surface area contributed by atoms with Crippen molar-refractivity contribution in [1.82, 2.24) is 10.9 Å². The maximum atomic E-state index is 11.1. The third kappa shape index (κ3) is 5.21. The molecule has 0 saturated heterocycles. The van der Waals surface area contributed by atoms with Crippen molar-refractivity contribution in [2.24, 2.45) is 0 Å². The van der Waals surface area contributed by atoms with Crippen LogP contribution in [0.5, 0.6) is 11.5 Å². The minimum absolute atomic E-state index is 0.0363. The molecular weight excluding hydrogens is 220 g/mol. The number of nitrogens with one attached hydrogen (secondary N) is 2. The number of amides is 1. The highest BCUT2D eigenvalue weighted by Gasteiger charge is 2.00. The number of hydrogen-bond donors (Lipinski definition) is 2. The Morgan fingerprint density at radius 1 is 1.24 bits per heavy atom. The zero-order valence-electron chi connectivity index (χ0n) is 10.2. The van der Waals surface area contributed by atoms with Crippen molar-refractivity contribution in [3.05, 3.63) is 24.3 Å². The third-order valence-electron chi connectivity index (χ3n) is 2.14. The Bertz CT molecular complexity index is 338. The predicted octanol–water partition coefficient (Wildman–Crippen LogP) is 1.10. The van der Waals surface area contributed by atoms with Gasteiger partial charge in [-0.05, 0) is 30.7 Å². The predicted molar refractivity (Wildman–Crippen MR) is 64.9 cm³/mol. The van der Waals surface area contributed by atoms with E-state index in [4.69, 9.17) is 9.47 Å². The zero-order chi connectivity index (χ0) is 12.5. The van der Waals surface area contributed by atoms with Crippen molar-refractivity contribution >= 4 is 5.91 Å². The van der Waals surface area contributed by atoms with Gasteiger partial charge < -0.3 is 9.47 Å². The molecule has 5 nitrogen and oxygen atoms in total. The summed E-state index contributed by atoms with van der Waals surface area (Å²) in [5, 5.41) is 0. The van der Waals surface area contributed by atoms with Crippen LogP contribution < -0.4 is 20.3 Å². The fourth-order valence-electron chi connectivity index (χ4n) is 1.30. The number of rotatable bonds is 7. The van der Waals surface area contributed by atoms with E-state index in [1.165, 1.54) is 0 Å². The van der Waals surface area contributed by atoms with E-state index in [2.05, 4.69) is 10.9 Å². The summed E-state index contributed by atoms with van der Waals surface area (Å²) in [6, 6.07) is 7.35. The van der Waals surface area contributed by atoms with Crippen LogP contribution in [0.2, 0.25) is 0 Å². The summed E-state index contributed by atoms with van der Waals surface area (Å²) >= 11 is 0. The average Bonchev–Trinajstić information content (AvgIpc) is 2.36. The normalized spacial score (nSPS) is 9.76. The van der Waals surface area contributed by atoms with E-state index in [1.54, 1.807) is 14.2 Å². The summed E-state index contributed by atoms with van der Waals surface area (Å²) < 4.78 is 10.5. The van der Waals surface area contributed by atoms with E-state index in [0.717, 1.165) is 11.5 Å². The van der Waals surface area contributed by atoms with Crippen molar-refractivity contribution < 1.29 is 14.3 Å². The van der Waals surface area contributed by atoms with Gasteiger partial charge >= 0.3 is 0 Å². The summed E-state index contributed by atoms with van der Waals surface area (Å²) in [6.07, 6.45) is 1.12. The number of carbonyl (C=O) groups excluding carboxylic acids is 1. The maximum absolute atomic E-state index is 11.1. The lowest BCUT2D eigenvalue weighted by Crippen LogP contribution is -2.34. The van der Waals surface area contributed by atoms with Gasteiger partial charge in [-0.25, -0.2) is 5.43 Å². The Kier molecular flexibility index (Phi) is 5.88. The van der Waals surface area contributed by atoms with E-state index >= 15 is 0 Å². The first kappa shape index (κ1) is 13.3. The molecule has 0 aliphatic rings. The van der Waals surface area contributed by atoms with E-state index < -0.39 is 0 Å². The SMILES string of the molecule is CNNC(=O)CCCOc1ccc(OC)cc1. The number of ether oxygens (including phenoxy) is 2. The molecule has 5 heteroatoms. The number of hydrazine groups is 1. The summed E-state index contributed by atoms with van der Waals surface area (Å²) in [7, 11) is 3.28. The Balaban J connectivity index is 2.19. The highest BCUT2D eigenvalue weighted by atomic mass is 16.5. The van der Waals surface area contributed by atoms with Crippen LogP contribution in [0.25, 0.3) is 0 Å². The highest BCUT2D eigenvalue weighted by Crippen LogP contribution is 2.17. The van der Waals surface area contributed by atoms with Crippen LogP contribution in [0.1, 0.15) is 12.8 Å². The molecule has 0 heterocycles. The lowest BCUT2D eigenvalue weighted by molar-refractivity contribution is -0.122. The molecule has 1 aromatic carbocycles. The van der Waals surface area contributed by atoms with Crippen LogP contribution >= 0.6 is 0 Å². The molecule has 0 bridgehead atoms. The Labute approximate surface area is 101 Å². The smallest absolute Gasteiger partial charge is 0.234 e. The molecule has 2 N–H and O–H groups in total. The topological polar surface area (TPSA) is 59.6 Å². The van der Waals surface area contributed by atoms with Crippen molar-refractivity contribution in [1.29, 1.82) is 0 Å². The maximum Gasteiger partial charge on any atom is 0.234 e. The van der Waals surface area contributed by atoms with Gasteiger partial charge in [0.05, 0.1) is 13.7 Å². The fourth-order valence-corrected chi connectivity index (χ4v) is 1.30. The van der Waals surface area contributed by atoms with Crippen molar-refractivity contribution in [3.63, 3.8) is 0 Å². The molecule has 0 radical (unpaired) electrons. The second-order valence-corrected chi connectivity index (χ2v) is 3.43. The van der Waals surface area contributed by atoms with Gasteiger partial charge in [-0.15, -0.1) is 0 Å². The zero-order valence-corrected chi connectivity index (χ0v) is 10.2. The lowest BCUT2D eigenvalue weighted by atomic mass is 10.3. The standard InChI is InChI=1S/C12H18N2O3/c1-13-14-12(15)4-3-9-17-11-7-5-10(16-2)6-8-11/h5-8,13H,3-4,9H2,1-2H3,(H,14,15). The van der Waals surface area contributed by atoms with Gasteiger partial charge in [-0.2, -0.15) is 0 Å². The van der Waals surface area contributed by atoms with E-state index in [1.807, 2.05) is 24.3 Å². The summed E-state index contributed by atoms with van der Waals surface area (Å²) in [5.41, 5.74) is 5.08. The van der Waals surface area contributed by atoms with E-state index in [-0.39, 0.29) is 5.91 Å². The van der Waals surface area contributed by atoms with Crippen LogP contribution in [-0.4, -0.2) is 26.7 Å². The van der Waals surface area contributed by atoms with Gasteiger partial charge in [0.2, 0.25) is 5.91 Å². The van der Waals surface area contributed by atoms with Gasteiger partial charge in [0, 0.05) is 13.5 Å². The Hall–Kier alpha value is -1.75. The lowest BCUT2D eigenvalue weighted by Gasteiger charge is -2.07. The second kappa shape index (κ2) is 7.51.